The van der Waals surface area contributed by atoms with Crippen LogP contribution in [0.1, 0.15) is 25.5 Å². The standard InChI is InChI=1S/C20H20ClF3N2/c1-12(2)10-26-11-16(19(25)20(22,23)24)15-8-7-13(9-18(15)26)14-5-3-4-6-17(14)21/h3-9,11-12,19H,10,25H2,1-2H3/t19-/m0/s1. The highest BCUT2D eigenvalue weighted by atomic mass is 35.5. The van der Waals surface area contributed by atoms with Crippen molar-refractivity contribution in [1.82, 2.24) is 4.57 Å². The number of halogens is 4. The van der Waals surface area contributed by atoms with Gasteiger partial charge in [0.15, 0.2) is 0 Å². The smallest absolute Gasteiger partial charge is 0.347 e. The predicted octanol–water partition coefficient (Wildman–Crippen LogP) is 6.18. The third kappa shape index (κ3) is 3.60. The van der Waals surface area contributed by atoms with Gasteiger partial charge < -0.3 is 10.3 Å². The third-order valence-corrected chi connectivity index (χ3v) is 4.68. The zero-order chi connectivity index (χ0) is 19.1. The Kier molecular flexibility index (Phi) is 5.04. The molecule has 26 heavy (non-hydrogen) atoms. The summed E-state index contributed by atoms with van der Waals surface area (Å²) in [4.78, 5) is 0. The van der Waals surface area contributed by atoms with Crippen molar-refractivity contribution in [3.05, 3.63) is 59.2 Å². The summed E-state index contributed by atoms with van der Waals surface area (Å²) < 4.78 is 41.4. The molecule has 0 aliphatic carbocycles. The van der Waals surface area contributed by atoms with Gasteiger partial charge in [-0.15, -0.1) is 0 Å². The molecule has 0 unspecified atom stereocenters. The molecular weight excluding hydrogens is 361 g/mol. The highest BCUT2D eigenvalue weighted by Gasteiger charge is 2.39. The van der Waals surface area contributed by atoms with E-state index in [1.165, 1.54) is 6.20 Å². The lowest BCUT2D eigenvalue weighted by molar-refractivity contribution is -0.148. The molecule has 0 bridgehead atoms. The third-order valence-electron chi connectivity index (χ3n) is 4.35. The molecule has 2 aromatic carbocycles. The van der Waals surface area contributed by atoms with Crippen LogP contribution in [0.3, 0.4) is 0 Å². The van der Waals surface area contributed by atoms with Crippen molar-refractivity contribution in [2.75, 3.05) is 0 Å². The molecule has 0 amide bonds. The van der Waals surface area contributed by atoms with Gasteiger partial charge in [0.05, 0.1) is 0 Å². The molecular formula is C20H20ClF3N2. The molecule has 0 fully saturated rings. The summed E-state index contributed by atoms with van der Waals surface area (Å²) in [7, 11) is 0. The van der Waals surface area contributed by atoms with E-state index in [0.717, 1.165) is 16.6 Å². The maximum absolute atomic E-state index is 13.2. The Morgan fingerprint density at radius 1 is 1.12 bits per heavy atom. The summed E-state index contributed by atoms with van der Waals surface area (Å²) in [5.74, 6) is 0.282. The van der Waals surface area contributed by atoms with Crippen LogP contribution in [0, 0.1) is 5.92 Å². The van der Waals surface area contributed by atoms with E-state index in [1.807, 2.05) is 42.7 Å². The lowest BCUT2D eigenvalue weighted by atomic mass is 10.0. The summed E-state index contributed by atoms with van der Waals surface area (Å²) in [6.45, 7) is 4.65. The molecule has 3 aromatic rings. The van der Waals surface area contributed by atoms with Crippen molar-refractivity contribution in [2.45, 2.75) is 32.6 Å². The van der Waals surface area contributed by atoms with E-state index in [4.69, 9.17) is 17.3 Å². The second-order valence-corrected chi connectivity index (χ2v) is 7.27. The van der Waals surface area contributed by atoms with E-state index in [9.17, 15) is 13.2 Å². The first-order valence-corrected chi connectivity index (χ1v) is 8.76. The first-order chi connectivity index (χ1) is 12.2. The molecule has 1 heterocycles. The van der Waals surface area contributed by atoms with Crippen LogP contribution in [0.15, 0.2) is 48.7 Å². The minimum absolute atomic E-state index is 0.0962. The molecule has 6 heteroatoms. The van der Waals surface area contributed by atoms with E-state index >= 15 is 0 Å². The maximum atomic E-state index is 13.2. The molecule has 0 aliphatic heterocycles. The minimum Gasteiger partial charge on any atom is -0.347 e. The van der Waals surface area contributed by atoms with Crippen LogP contribution in [-0.2, 0) is 6.54 Å². The number of hydrogen-bond acceptors (Lipinski definition) is 1. The Morgan fingerprint density at radius 2 is 1.81 bits per heavy atom. The Labute approximate surface area is 155 Å². The second-order valence-electron chi connectivity index (χ2n) is 6.86. The van der Waals surface area contributed by atoms with Crippen molar-refractivity contribution in [3.8, 4) is 11.1 Å². The number of alkyl halides is 3. The highest BCUT2D eigenvalue weighted by Crippen LogP contribution is 2.38. The molecule has 3 rings (SSSR count). The van der Waals surface area contributed by atoms with Crippen LogP contribution < -0.4 is 5.73 Å². The van der Waals surface area contributed by atoms with Gasteiger partial charge in [-0.05, 0) is 23.6 Å². The molecule has 2 N–H and O–H groups in total. The average Bonchev–Trinajstić information content (AvgIpc) is 2.91. The van der Waals surface area contributed by atoms with Gasteiger partial charge in [0.25, 0.3) is 0 Å². The van der Waals surface area contributed by atoms with E-state index in [1.54, 1.807) is 18.2 Å². The summed E-state index contributed by atoms with van der Waals surface area (Å²) in [6, 6.07) is 10.8. The van der Waals surface area contributed by atoms with Crippen LogP contribution in [0.5, 0.6) is 0 Å². The molecule has 0 saturated heterocycles. The highest BCUT2D eigenvalue weighted by molar-refractivity contribution is 6.33. The summed E-state index contributed by atoms with van der Waals surface area (Å²) in [5.41, 5.74) is 8.02. The zero-order valence-electron chi connectivity index (χ0n) is 14.5. The van der Waals surface area contributed by atoms with Crippen LogP contribution in [0.2, 0.25) is 5.02 Å². The quantitative estimate of drug-likeness (QED) is 0.575. The van der Waals surface area contributed by atoms with Gasteiger partial charge in [0.2, 0.25) is 0 Å². The maximum Gasteiger partial charge on any atom is 0.407 e. The fourth-order valence-corrected chi connectivity index (χ4v) is 3.40. The largest absolute Gasteiger partial charge is 0.407 e. The van der Waals surface area contributed by atoms with Gasteiger partial charge in [0.1, 0.15) is 6.04 Å². The molecule has 2 nitrogen and oxygen atoms in total. The van der Waals surface area contributed by atoms with E-state index < -0.39 is 12.2 Å². The second kappa shape index (κ2) is 6.97. The summed E-state index contributed by atoms with van der Waals surface area (Å²) in [6.07, 6.45) is -2.96. The number of nitrogens with zero attached hydrogens (tertiary/aromatic N) is 1. The van der Waals surface area contributed by atoms with Crippen LogP contribution >= 0.6 is 11.6 Å². The van der Waals surface area contributed by atoms with Gasteiger partial charge in [-0.25, -0.2) is 0 Å². The van der Waals surface area contributed by atoms with Crippen LogP contribution in [0.25, 0.3) is 22.0 Å². The van der Waals surface area contributed by atoms with Crippen molar-refractivity contribution in [1.29, 1.82) is 0 Å². The number of nitrogens with two attached hydrogens (primary N) is 1. The van der Waals surface area contributed by atoms with E-state index in [-0.39, 0.29) is 11.5 Å². The number of aromatic nitrogens is 1. The predicted molar refractivity (Wildman–Crippen MR) is 100 cm³/mol. The normalized spacial score (nSPS) is 13.5. The first kappa shape index (κ1) is 18.8. The lowest BCUT2D eigenvalue weighted by Gasteiger charge is -2.14. The van der Waals surface area contributed by atoms with Gasteiger partial charge in [-0.1, -0.05) is 55.8 Å². The number of rotatable bonds is 4. The molecule has 1 aromatic heterocycles. The number of fused-ring (bicyclic) bond motifs is 1. The monoisotopic (exact) mass is 380 g/mol. The Morgan fingerprint density at radius 3 is 2.42 bits per heavy atom. The Balaban J connectivity index is 2.20. The fourth-order valence-electron chi connectivity index (χ4n) is 3.15. The summed E-state index contributed by atoms with van der Waals surface area (Å²) in [5, 5.41) is 1.12. The van der Waals surface area contributed by atoms with Gasteiger partial charge in [0, 0.05) is 39.8 Å². The topological polar surface area (TPSA) is 30.9 Å². The van der Waals surface area contributed by atoms with Gasteiger partial charge in [-0.3, -0.25) is 0 Å². The first-order valence-electron chi connectivity index (χ1n) is 8.38. The van der Waals surface area contributed by atoms with Gasteiger partial charge >= 0.3 is 6.18 Å². The molecule has 0 aliphatic rings. The van der Waals surface area contributed by atoms with Crippen LogP contribution in [0.4, 0.5) is 13.2 Å². The van der Waals surface area contributed by atoms with Crippen molar-refractivity contribution < 1.29 is 13.2 Å². The zero-order valence-corrected chi connectivity index (χ0v) is 15.3. The SMILES string of the molecule is CC(C)Cn1cc([C@H](N)C(F)(F)F)c2ccc(-c3ccccc3Cl)cc21. The Hall–Kier alpha value is -1.98. The number of hydrogen-bond donors (Lipinski definition) is 1. The molecule has 0 radical (unpaired) electrons. The average molecular weight is 381 g/mol. The van der Waals surface area contributed by atoms with Crippen molar-refractivity contribution in [2.24, 2.45) is 11.7 Å². The van der Waals surface area contributed by atoms with E-state index in [0.29, 0.717) is 17.0 Å². The fraction of sp³-hybridized carbons (Fsp3) is 0.300. The number of benzene rings is 2. The van der Waals surface area contributed by atoms with Crippen molar-refractivity contribution in [3.63, 3.8) is 0 Å². The van der Waals surface area contributed by atoms with Gasteiger partial charge in [-0.2, -0.15) is 13.2 Å². The van der Waals surface area contributed by atoms with Crippen molar-refractivity contribution >= 4 is 22.5 Å². The lowest BCUT2D eigenvalue weighted by Crippen LogP contribution is -2.28. The molecule has 0 saturated carbocycles. The van der Waals surface area contributed by atoms with Crippen LogP contribution in [-0.4, -0.2) is 10.7 Å². The van der Waals surface area contributed by atoms with E-state index in [2.05, 4.69) is 0 Å². The summed E-state index contributed by atoms with van der Waals surface area (Å²) >= 11 is 6.27. The molecule has 138 valence electrons. The molecule has 0 spiro atoms. The Bertz CT molecular complexity index is 928. The molecule has 1 atom stereocenters. The minimum atomic E-state index is -4.49.